The highest BCUT2D eigenvalue weighted by molar-refractivity contribution is 5.81. The number of allylic oxidation sites excluding steroid dienone is 1. The Morgan fingerprint density at radius 2 is 1.80 bits per heavy atom. The van der Waals surface area contributed by atoms with Gasteiger partial charge in [0.05, 0.1) is 0 Å². The van der Waals surface area contributed by atoms with Crippen LogP contribution in [0.5, 0.6) is 0 Å². The van der Waals surface area contributed by atoms with Gasteiger partial charge in [-0.15, -0.1) is 0 Å². The van der Waals surface area contributed by atoms with E-state index in [2.05, 4.69) is 5.32 Å². The van der Waals surface area contributed by atoms with Gasteiger partial charge in [-0.3, -0.25) is 0 Å². The van der Waals surface area contributed by atoms with Crippen LogP contribution in [0.2, 0.25) is 0 Å². The summed E-state index contributed by atoms with van der Waals surface area (Å²) in [6.07, 6.45) is 2.32. The van der Waals surface area contributed by atoms with Gasteiger partial charge in [0.2, 0.25) is 0 Å². The summed E-state index contributed by atoms with van der Waals surface area (Å²) in [7, 11) is 0. The van der Waals surface area contributed by atoms with E-state index in [1.54, 1.807) is 0 Å². The quantitative estimate of drug-likeness (QED) is 0.849. The first kappa shape index (κ1) is 16.8. The largest absolute Gasteiger partial charge is 0.480 e. The van der Waals surface area contributed by atoms with Gasteiger partial charge in [-0.1, -0.05) is 60.7 Å². The van der Waals surface area contributed by atoms with E-state index in [-0.39, 0.29) is 13.0 Å². The molecule has 25 heavy (non-hydrogen) atoms. The lowest BCUT2D eigenvalue weighted by Crippen LogP contribution is -2.42. The van der Waals surface area contributed by atoms with Crippen LogP contribution >= 0.6 is 0 Å². The molecule has 0 saturated heterocycles. The maximum atomic E-state index is 12.0. The lowest BCUT2D eigenvalue weighted by atomic mass is 10.1. The molecular formula is C20H19NO4. The van der Waals surface area contributed by atoms with E-state index in [0.717, 1.165) is 23.1 Å². The number of alkyl carbamates (subject to hydrolysis) is 1. The van der Waals surface area contributed by atoms with E-state index in [1.165, 1.54) is 5.56 Å². The van der Waals surface area contributed by atoms with Crippen LogP contribution in [0.15, 0.2) is 60.7 Å². The predicted molar refractivity (Wildman–Crippen MR) is 94.2 cm³/mol. The number of amides is 1. The van der Waals surface area contributed by atoms with Crippen LogP contribution in [-0.4, -0.2) is 29.8 Å². The number of carbonyl (C=O) groups excluding carboxylic acids is 1. The molecule has 3 rings (SSSR count). The van der Waals surface area contributed by atoms with E-state index in [9.17, 15) is 14.7 Å². The standard InChI is InChI=1S/C20H19NO4/c22-19(23)18(12-14-6-2-1-3-7-14)21-20(24)25-13-16-11-10-15-8-4-5-9-17(15)16/h1-9,11,18H,10,12-13H2,(H,21,24)(H,22,23)/t18-/m0/s1. The minimum Gasteiger partial charge on any atom is -0.480 e. The highest BCUT2D eigenvalue weighted by Crippen LogP contribution is 2.27. The summed E-state index contributed by atoms with van der Waals surface area (Å²) in [5.41, 5.74) is 4.06. The number of carboxylic acid groups (broad SMARTS) is 1. The van der Waals surface area contributed by atoms with Crippen molar-refractivity contribution in [2.45, 2.75) is 18.9 Å². The number of ether oxygens (including phenoxy) is 1. The number of carboxylic acids is 1. The first-order valence-electron chi connectivity index (χ1n) is 8.11. The second-order valence-corrected chi connectivity index (χ2v) is 5.89. The van der Waals surface area contributed by atoms with Gasteiger partial charge in [0.15, 0.2) is 0 Å². The van der Waals surface area contributed by atoms with Crippen LogP contribution in [0, 0.1) is 0 Å². The second kappa shape index (κ2) is 7.66. The van der Waals surface area contributed by atoms with Crippen molar-refractivity contribution in [1.82, 2.24) is 5.32 Å². The van der Waals surface area contributed by atoms with Crippen LogP contribution < -0.4 is 5.32 Å². The molecular weight excluding hydrogens is 318 g/mol. The molecule has 0 saturated carbocycles. The summed E-state index contributed by atoms with van der Waals surface area (Å²) < 4.78 is 5.22. The summed E-state index contributed by atoms with van der Waals surface area (Å²) in [5.74, 6) is -1.09. The van der Waals surface area contributed by atoms with Crippen LogP contribution in [-0.2, 0) is 22.4 Å². The average Bonchev–Trinajstić information content (AvgIpc) is 3.03. The third-order valence-electron chi connectivity index (χ3n) is 4.16. The maximum absolute atomic E-state index is 12.0. The molecule has 2 N–H and O–H groups in total. The lowest BCUT2D eigenvalue weighted by molar-refractivity contribution is -0.139. The highest BCUT2D eigenvalue weighted by atomic mass is 16.5. The van der Waals surface area contributed by atoms with Crippen molar-refractivity contribution < 1.29 is 19.4 Å². The summed E-state index contributed by atoms with van der Waals surface area (Å²) in [4.78, 5) is 23.4. The molecule has 5 heteroatoms. The maximum Gasteiger partial charge on any atom is 0.408 e. The number of hydrogen-bond donors (Lipinski definition) is 2. The molecule has 0 aliphatic heterocycles. The number of aliphatic carboxylic acids is 1. The van der Waals surface area contributed by atoms with Crippen molar-refractivity contribution in [3.63, 3.8) is 0 Å². The number of hydrogen-bond acceptors (Lipinski definition) is 3. The number of fused-ring (bicyclic) bond motifs is 1. The van der Waals surface area contributed by atoms with Gasteiger partial charge in [0.1, 0.15) is 12.6 Å². The van der Waals surface area contributed by atoms with E-state index in [4.69, 9.17) is 4.74 Å². The fourth-order valence-electron chi connectivity index (χ4n) is 2.87. The van der Waals surface area contributed by atoms with E-state index in [1.807, 2.05) is 60.7 Å². The first-order valence-corrected chi connectivity index (χ1v) is 8.11. The van der Waals surface area contributed by atoms with Gasteiger partial charge in [0.25, 0.3) is 0 Å². The molecule has 128 valence electrons. The Balaban J connectivity index is 1.55. The van der Waals surface area contributed by atoms with E-state index >= 15 is 0 Å². The summed E-state index contributed by atoms with van der Waals surface area (Å²) in [6, 6.07) is 16.1. The fraction of sp³-hybridized carbons (Fsp3) is 0.200. The molecule has 2 aromatic rings. The monoisotopic (exact) mass is 337 g/mol. The lowest BCUT2D eigenvalue weighted by Gasteiger charge is -2.15. The van der Waals surface area contributed by atoms with Crippen LogP contribution in [0.1, 0.15) is 16.7 Å². The topological polar surface area (TPSA) is 75.6 Å². The molecule has 0 fully saturated rings. The van der Waals surface area contributed by atoms with Gasteiger partial charge >= 0.3 is 12.1 Å². The van der Waals surface area contributed by atoms with E-state index < -0.39 is 18.1 Å². The van der Waals surface area contributed by atoms with Crippen molar-refractivity contribution in [2.24, 2.45) is 0 Å². The van der Waals surface area contributed by atoms with Crippen LogP contribution in [0.4, 0.5) is 4.79 Å². The van der Waals surface area contributed by atoms with Crippen molar-refractivity contribution in [3.05, 3.63) is 77.4 Å². The Kier molecular flexibility index (Phi) is 5.14. The first-order chi connectivity index (χ1) is 12.1. The van der Waals surface area contributed by atoms with Crippen molar-refractivity contribution in [2.75, 3.05) is 6.61 Å². The Hall–Kier alpha value is -3.08. The molecule has 0 unspecified atom stereocenters. The Bertz CT molecular complexity index is 798. The van der Waals surface area contributed by atoms with Gasteiger partial charge in [-0.05, 0) is 28.7 Å². The van der Waals surface area contributed by atoms with Crippen molar-refractivity contribution in [1.29, 1.82) is 0 Å². The number of rotatable bonds is 6. The zero-order valence-electron chi connectivity index (χ0n) is 13.6. The molecule has 0 spiro atoms. The zero-order chi connectivity index (χ0) is 17.6. The van der Waals surface area contributed by atoms with Crippen LogP contribution in [0.3, 0.4) is 0 Å². The molecule has 1 aliphatic carbocycles. The third kappa shape index (κ3) is 4.26. The minimum absolute atomic E-state index is 0.126. The molecule has 0 heterocycles. The predicted octanol–water partition coefficient (Wildman–Crippen LogP) is 3.05. The smallest absolute Gasteiger partial charge is 0.408 e. The molecule has 2 aromatic carbocycles. The summed E-state index contributed by atoms with van der Waals surface area (Å²) in [5, 5.41) is 11.7. The second-order valence-electron chi connectivity index (χ2n) is 5.89. The van der Waals surface area contributed by atoms with Crippen LogP contribution in [0.25, 0.3) is 5.57 Å². The minimum atomic E-state index is -1.09. The number of benzene rings is 2. The Labute approximate surface area is 145 Å². The molecule has 1 amide bonds. The SMILES string of the molecule is O=C(N[C@@H](Cc1ccccc1)C(=O)O)OCC1=CCc2ccccc21. The summed E-state index contributed by atoms with van der Waals surface area (Å²) >= 11 is 0. The van der Waals surface area contributed by atoms with Gasteiger partial charge in [-0.2, -0.15) is 0 Å². The average molecular weight is 337 g/mol. The molecule has 0 radical (unpaired) electrons. The fourth-order valence-corrected chi connectivity index (χ4v) is 2.87. The Morgan fingerprint density at radius 1 is 1.08 bits per heavy atom. The third-order valence-corrected chi connectivity index (χ3v) is 4.16. The van der Waals surface area contributed by atoms with Crippen molar-refractivity contribution >= 4 is 17.6 Å². The molecule has 0 aromatic heterocycles. The van der Waals surface area contributed by atoms with Gasteiger partial charge in [0, 0.05) is 6.42 Å². The van der Waals surface area contributed by atoms with E-state index in [0.29, 0.717) is 0 Å². The Morgan fingerprint density at radius 3 is 2.56 bits per heavy atom. The van der Waals surface area contributed by atoms with Crippen molar-refractivity contribution in [3.8, 4) is 0 Å². The highest BCUT2D eigenvalue weighted by Gasteiger charge is 2.22. The number of carbonyl (C=O) groups is 2. The zero-order valence-corrected chi connectivity index (χ0v) is 13.6. The molecule has 0 bridgehead atoms. The normalized spacial score (nSPS) is 13.5. The van der Waals surface area contributed by atoms with Gasteiger partial charge < -0.3 is 15.2 Å². The number of nitrogens with one attached hydrogen (secondary N) is 1. The molecule has 1 atom stereocenters. The molecule has 5 nitrogen and oxygen atoms in total. The molecule has 1 aliphatic rings. The van der Waals surface area contributed by atoms with Gasteiger partial charge in [-0.25, -0.2) is 9.59 Å². The summed E-state index contributed by atoms with van der Waals surface area (Å²) in [6.45, 7) is 0.126.